The van der Waals surface area contributed by atoms with Gasteiger partial charge in [0, 0.05) is 12.5 Å². The van der Waals surface area contributed by atoms with Gasteiger partial charge in [-0.25, -0.2) is 4.98 Å². The number of nitrogens with zero attached hydrogens (tertiary/aromatic N) is 1. The predicted octanol–water partition coefficient (Wildman–Crippen LogP) is 2.95. The van der Waals surface area contributed by atoms with Gasteiger partial charge in [0.05, 0.1) is 11.0 Å². The molecule has 1 radical (unpaired) electrons. The fourth-order valence-electron chi connectivity index (χ4n) is 1.81. The van der Waals surface area contributed by atoms with Crippen LogP contribution >= 0.6 is 0 Å². The molecule has 0 fully saturated rings. The molecule has 1 N–H and O–H groups in total. The quantitative estimate of drug-likeness (QED) is 0.687. The molecule has 0 atom stereocenters. The van der Waals surface area contributed by atoms with Crippen LogP contribution in [0.1, 0.15) is 11.4 Å². The largest absolute Gasteiger partial charge is 0.342 e. The van der Waals surface area contributed by atoms with Crippen molar-refractivity contribution in [3.8, 4) is 0 Å². The number of H-pyrrole nitrogens is 1. The number of nitrogens with one attached hydrogen (secondary N) is 1. The number of rotatable bonds is 2. The Bertz CT molecular complexity index is 563. The fourth-order valence-corrected chi connectivity index (χ4v) is 1.81. The van der Waals surface area contributed by atoms with Crippen LogP contribution in [-0.4, -0.2) is 9.97 Å². The van der Waals surface area contributed by atoms with Gasteiger partial charge in [-0.3, -0.25) is 0 Å². The number of hydrogen-bond donors (Lipinski definition) is 1. The van der Waals surface area contributed by atoms with Crippen molar-refractivity contribution in [2.75, 3.05) is 0 Å². The van der Waals surface area contributed by atoms with E-state index in [2.05, 4.69) is 28.2 Å². The molecule has 2 heteroatoms. The first kappa shape index (κ1) is 9.16. The van der Waals surface area contributed by atoms with Gasteiger partial charge in [-0.15, -0.1) is 0 Å². The minimum atomic E-state index is 0.837. The van der Waals surface area contributed by atoms with Gasteiger partial charge in [0.15, 0.2) is 0 Å². The van der Waals surface area contributed by atoms with Crippen LogP contribution in [0.5, 0.6) is 0 Å². The molecule has 0 amide bonds. The highest BCUT2D eigenvalue weighted by molar-refractivity contribution is 5.74. The summed E-state index contributed by atoms with van der Waals surface area (Å²) in [4.78, 5) is 7.80. The maximum Gasteiger partial charge on any atom is 0.111 e. The number of imidazole rings is 1. The van der Waals surface area contributed by atoms with Crippen LogP contribution in [0.4, 0.5) is 0 Å². The Hall–Kier alpha value is -2.09. The maximum atomic E-state index is 4.50. The Kier molecular flexibility index (Phi) is 2.18. The number of fused-ring (bicyclic) bond motifs is 1. The molecule has 0 bridgehead atoms. The molecule has 3 aromatic rings. The van der Waals surface area contributed by atoms with E-state index in [1.54, 1.807) is 0 Å². The highest BCUT2D eigenvalue weighted by Crippen LogP contribution is 2.12. The van der Waals surface area contributed by atoms with E-state index in [0.29, 0.717) is 0 Å². The lowest BCUT2D eigenvalue weighted by Crippen LogP contribution is -1.89. The molecule has 1 aromatic heterocycles. The molecule has 0 saturated carbocycles. The molecule has 3 rings (SSSR count). The van der Waals surface area contributed by atoms with Gasteiger partial charge in [0.25, 0.3) is 0 Å². The third kappa shape index (κ3) is 1.70. The Morgan fingerprint density at radius 1 is 1.06 bits per heavy atom. The van der Waals surface area contributed by atoms with Gasteiger partial charge in [0.1, 0.15) is 5.82 Å². The first-order valence-corrected chi connectivity index (χ1v) is 5.31. The number of hydrogen-bond acceptors (Lipinski definition) is 1. The number of benzene rings is 2. The first-order chi connectivity index (χ1) is 7.92. The molecule has 16 heavy (non-hydrogen) atoms. The summed E-state index contributed by atoms with van der Waals surface area (Å²) in [6.45, 7) is 0. The van der Waals surface area contributed by atoms with E-state index in [1.807, 2.05) is 36.4 Å². The van der Waals surface area contributed by atoms with Crippen molar-refractivity contribution < 1.29 is 0 Å². The van der Waals surface area contributed by atoms with Crippen LogP contribution in [0.25, 0.3) is 11.0 Å². The second kappa shape index (κ2) is 3.81. The maximum absolute atomic E-state index is 4.50. The summed E-state index contributed by atoms with van der Waals surface area (Å²) in [5.41, 5.74) is 3.23. The Labute approximate surface area is 94.0 Å². The van der Waals surface area contributed by atoms with Gasteiger partial charge in [-0.2, -0.15) is 0 Å². The Morgan fingerprint density at radius 3 is 2.75 bits per heavy atom. The summed E-state index contributed by atoms with van der Waals surface area (Å²) in [6, 6.07) is 19.3. The zero-order valence-corrected chi connectivity index (χ0v) is 8.77. The molecular formula is C14H11N2. The average molecular weight is 207 g/mol. The number of aromatic amines is 1. The molecule has 0 unspecified atom stereocenters. The van der Waals surface area contributed by atoms with Crippen LogP contribution in [0.2, 0.25) is 0 Å². The molecule has 77 valence electrons. The van der Waals surface area contributed by atoms with E-state index in [-0.39, 0.29) is 0 Å². The van der Waals surface area contributed by atoms with Crippen molar-refractivity contribution in [1.29, 1.82) is 0 Å². The van der Waals surface area contributed by atoms with Crippen molar-refractivity contribution in [3.63, 3.8) is 0 Å². The number of aromatic nitrogens is 2. The zero-order valence-electron chi connectivity index (χ0n) is 8.77. The van der Waals surface area contributed by atoms with Crippen LogP contribution < -0.4 is 0 Å². The molecule has 2 nitrogen and oxygen atoms in total. The highest BCUT2D eigenvalue weighted by atomic mass is 14.9. The third-order valence-electron chi connectivity index (χ3n) is 2.57. The van der Waals surface area contributed by atoms with Crippen LogP contribution in [0.15, 0.2) is 48.5 Å². The second-order valence-corrected chi connectivity index (χ2v) is 3.78. The van der Waals surface area contributed by atoms with Gasteiger partial charge in [-0.05, 0) is 11.6 Å². The van der Waals surface area contributed by atoms with Gasteiger partial charge >= 0.3 is 0 Å². The van der Waals surface area contributed by atoms with E-state index in [9.17, 15) is 0 Å². The van der Waals surface area contributed by atoms with Crippen molar-refractivity contribution in [1.82, 2.24) is 9.97 Å². The minimum absolute atomic E-state index is 0.837. The van der Waals surface area contributed by atoms with Crippen molar-refractivity contribution in [3.05, 3.63) is 66.0 Å². The molecule has 0 spiro atoms. The Balaban J connectivity index is 1.95. The highest BCUT2D eigenvalue weighted by Gasteiger charge is 2.02. The normalized spacial score (nSPS) is 10.8. The molecule has 1 heterocycles. The smallest absolute Gasteiger partial charge is 0.111 e. The molecule has 0 aliphatic carbocycles. The van der Waals surface area contributed by atoms with E-state index in [1.165, 1.54) is 5.56 Å². The van der Waals surface area contributed by atoms with Crippen molar-refractivity contribution in [2.45, 2.75) is 6.42 Å². The summed E-state index contributed by atoms with van der Waals surface area (Å²) in [5, 5.41) is 0. The minimum Gasteiger partial charge on any atom is -0.342 e. The van der Waals surface area contributed by atoms with E-state index in [0.717, 1.165) is 23.3 Å². The summed E-state index contributed by atoms with van der Waals surface area (Å²) < 4.78 is 0. The van der Waals surface area contributed by atoms with Gasteiger partial charge < -0.3 is 4.98 Å². The average Bonchev–Trinajstić information content (AvgIpc) is 2.72. The topological polar surface area (TPSA) is 28.7 Å². The van der Waals surface area contributed by atoms with E-state index in [4.69, 9.17) is 0 Å². The lowest BCUT2D eigenvalue weighted by atomic mass is 10.1. The lowest BCUT2D eigenvalue weighted by Gasteiger charge is -1.96. The summed E-state index contributed by atoms with van der Waals surface area (Å²) in [6.07, 6.45) is 0.837. The van der Waals surface area contributed by atoms with Crippen molar-refractivity contribution in [2.24, 2.45) is 0 Å². The Morgan fingerprint density at radius 2 is 1.94 bits per heavy atom. The van der Waals surface area contributed by atoms with Gasteiger partial charge in [-0.1, -0.05) is 42.5 Å². The zero-order chi connectivity index (χ0) is 10.8. The van der Waals surface area contributed by atoms with E-state index < -0.39 is 0 Å². The molecular weight excluding hydrogens is 196 g/mol. The molecule has 0 saturated heterocycles. The monoisotopic (exact) mass is 207 g/mol. The summed E-state index contributed by atoms with van der Waals surface area (Å²) >= 11 is 0. The first-order valence-electron chi connectivity index (χ1n) is 5.31. The van der Waals surface area contributed by atoms with Crippen LogP contribution in [0, 0.1) is 6.07 Å². The third-order valence-corrected chi connectivity index (χ3v) is 2.57. The van der Waals surface area contributed by atoms with Crippen molar-refractivity contribution >= 4 is 11.0 Å². The lowest BCUT2D eigenvalue weighted by molar-refractivity contribution is 1.04. The standard InChI is InChI=1S/C14H11N2/c1-2-6-11(7-3-1)10-14-15-12-8-4-5-9-13(12)16-14/h1-8H,10H2,(H,15,16). The summed E-state index contributed by atoms with van der Waals surface area (Å²) in [7, 11) is 0. The van der Waals surface area contributed by atoms with Crippen LogP contribution in [-0.2, 0) is 6.42 Å². The predicted molar refractivity (Wildman–Crippen MR) is 64.2 cm³/mol. The number of para-hydroxylation sites is 1. The second-order valence-electron chi connectivity index (χ2n) is 3.78. The molecule has 0 aliphatic rings. The van der Waals surface area contributed by atoms with E-state index >= 15 is 0 Å². The SMILES string of the molecule is [c]1cccc2[nH]c(Cc3ccccc3)nc12. The molecule has 0 aliphatic heterocycles. The fraction of sp³-hybridized carbons (Fsp3) is 0.0714. The van der Waals surface area contributed by atoms with Gasteiger partial charge in [0.2, 0.25) is 0 Å². The molecule has 2 aromatic carbocycles. The van der Waals surface area contributed by atoms with Crippen LogP contribution in [0.3, 0.4) is 0 Å². The summed E-state index contributed by atoms with van der Waals surface area (Å²) in [5.74, 6) is 0.989.